The first kappa shape index (κ1) is 15.3. The summed E-state index contributed by atoms with van der Waals surface area (Å²) in [6, 6.07) is 4.02. The van der Waals surface area contributed by atoms with Gasteiger partial charge in [-0.05, 0) is 31.0 Å². The van der Waals surface area contributed by atoms with Gasteiger partial charge in [-0.3, -0.25) is 9.59 Å². The van der Waals surface area contributed by atoms with E-state index in [-0.39, 0.29) is 30.6 Å². The van der Waals surface area contributed by atoms with Gasteiger partial charge in [0.2, 0.25) is 5.91 Å². The van der Waals surface area contributed by atoms with Crippen LogP contribution < -0.4 is 10.1 Å². The number of nitrogens with one attached hydrogen (secondary N) is 1. The number of ether oxygens (including phenoxy) is 1. The zero-order valence-electron chi connectivity index (χ0n) is 11.6. The fourth-order valence-corrected chi connectivity index (χ4v) is 2.34. The normalized spacial score (nSPS) is 16.7. The van der Waals surface area contributed by atoms with Crippen molar-refractivity contribution in [3.05, 3.63) is 29.6 Å². The van der Waals surface area contributed by atoms with Crippen LogP contribution in [0.3, 0.4) is 0 Å². The molecular weight excluding hydrogens is 277 g/mol. The number of carboxylic acids is 1. The first-order valence-corrected chi connectivity index (χ1v) is 6.99. The molecule has 0 radical (unpaired) electrons. The number of amides is 1. The lowest BCUT2D eigenvalue weighted by molar-refractivity contribution is -0.137. The molecule has 6 heteroatoms. The first-order valence-electron chi connectivity index (χ1n) is 6.99. The van der Waals surface area contributed by atoms with Crippen LogP contribution in [0, 0.1) is 5.82 Å². The highest BCUT2D eigenvalue weighted by atomic mass is 19.1. The van der Waals surface area contributed by atoms with Crippen molar-refractivity contribution in [1.82, 2.24) is 5.32 Å². The molecule has 2 N–H and O–H groups in total. The second-order valence-electron chi connectivity index (χ2n) is 5.04. The van der Waals surface area contributed by atoms with Gasteiger partial charge in [0.15, 0.2) is 0 Å². The molecule has 1 heterocycles. The van der Waals surface area contributed by atoms with E-state index >= 15 is 0 Å². The maximum atomic E-state index is 13.3. The highest BCUT2D eigenvalue weighted by Crippen LogP contribution is 2.32. The van der Waals surface area contributed by atoms with E-state index < -0.39 is 5.97 Å². The Hall–Kier alpha value is -2.11. The van der Waals surface area contributed by atoms with Crippen LogP contribution in [0.25, 0.3) is 0 Å². The van der Waals surface area contributed by atoms with Gasteiger partial charge < -0.3 is 15.2 Å². The Morgan fingerprint density at radius 3 is 2.86 bits per heavy atom. The number of carboxylic acid groups (broad SMARTS) is 1. The van der Waals surface area contributed by atoms with Gasteiger partial charge in [0.05, 0.1) is 12.6 Å². The van der Waals surface area contributed by atoms with E-state index in [1.165, 1.54) is 12.1 Å². The van der Waals surface area contributed by atoms with Gasteiger partial charge in [-0.25, -0.2) is 4.39 Å². The fourth-order valence-electron chi connectivity index (χ4n) is 2.34. The number of carbonyl (C=O) groups is 2. The molecule has 1 atom stereocenters. The second kappa shape index (κ2) is 7.06. The predicted octanol–water partition coefficient (Wildman–Crippen LogP) is 2.41. The summed E-state index contributed by atoms with van der Waals surface area (Å²) in [6.07, 6.45) is 1.93. The van der Waals surface area contributed by atoms with Gasteiger partial charge >= 0.3 is 5.97 Å². The van der Waals surface area contributed by atoms with E-state index in [0.29, 0.717) is 37.2 Å². The molecule has 2 rings (SSSR count). The van der Waals surface area contributed by atoms with Crippen LogP contribution in [0.2, 0.25) is 0 Å². The summed E-state index contributed by atoms with van der Waals surface area (Å²) >= 11 is 0. The number of aliphatic carboxylic acids is 1. The van der Waals surface area contributed by atoms with Crippen molar-refractivity contribution in [2.75, 3.05) is 6.61 Å². The van der Waals surface area contributed by atoms with E-state index in [4.69, 9.17) is 9.84 Å². The molecule has 1 aliphatic heterocycles. The van der Waals surface area contributed by atoms with Crippen LogP contribution in [0.4, 0.5) is 4.39 Å². The fraction of sp³-hybridized carbons (Fsp3) is 0.467. The van der Waals surface area contributed by atoms with E-state index in [1.54, 1.807) is 6.07 Å². The Kier molecular flexibility index (Phi) is 5.14. The molecular formula is C15H18FNO4. The van der Waals surface area contributed by atoms with Gasteiger partial charge in [-0.1, -0.05) is 0 Å². The van der Waals surface area contributed by atoms with Crippen molar-refractivity contribution >= 4 is 11.9 Å². The number of fused-ring (bicyclic) bond motifs is 1. The molecule has 1 aliphatic rings. The third-order valence-electron chi connectivity index (χ3n) is 3.39. The summed E-state index contributed by atoms with van der Waals surface area (Å²) in [6.45, 7) is 0.475. The highest BCUT2D eigenvalue weighted by Gasteiger charge is 2.23. The number of halogens is 1. The maximum Gasteiger partial charge on any atom is 0.303 e. The molecule has 1 aromatic rings. The Balaban J connectivity index is 1.88. The maximum absolute atomic E-state index is 13.3. The monoisotopic (exact) mass is 295 g/mol. The van der Waals surface area contributed by atoms with Gasteiger partial charge in [0, 0.05) is 24.8 Å². The SMILES string of the molecule is O=C(O)CCCCC(=O)NC1CCOc2ccc(F)cc21. The van der Waals surface area contributed by atoms with Crippen LogP contribution >= 0.6 is 0 Å². The van der Waals surface area contributed by atoms with Gasteiger partial charge in [0.1, 0.15) is 11.6 Å². The molecule has 21 heavy (non-hydrogen) atoms. The largest absolute Gasteiger partial charge is 0.493 e. The molecule has 0 fully saturated rings. The zero-order valence-corrected chi connectivity index (χ0v) is 11.6. The predicted molar refractivity (Wildman–Crippen MR) is 73.5 cm³/mol. The summed E-state index contributed by atoms with van der Waals surface area (Å²) in [5.74, 6) is -0.773. The Morgan fingerprint density at radius 2 is 2.10 bits per heavy atom. The highest BCUT2D eigenvalue weighted by molar-refractivity contribution is 5.76. The lowest BCUT2D eigenvalue weighted by atomic mass is 10.00. The molecule has 0 saturated carbocycles. The summed E-state index contributed by atoms with van der Waals surface area (Å²) in [5.41, 5.74) is 0.653. The molecule has 0 aliphatic carbocycles. The zero-order chi connectivity index (χ0) is 15.2. The van der Waals surface area contributed by atoms with Gasteiger partial charge in [-0.15, -0.1) is 0 Å². The van der Waals surface area contributed by atoms with Crippen LogP contribution in [0.5, 0.6) is 5.75 Å². The minimum atomic E-state index is -0.857. The summed E-state index contributed by atoms with van der Waals surface area (Å²) in [4.78, 5) is 22.2. The smallest absolute Gasteiger partial charge is 0.303 e. The Morgan fingerprint density at radius 1 is 1.33 bits per heavy atom. The minimum Gasteiger partial charge on any atom is -0.493 e. The number of hydrogen-bond donors (Lipinski definition) is 2. The molecule has 0 spiro atoms. The number of carbonyl (C=O) groups excluding carboxylic acids is 1. The summed E-state index contributed by atoms with van der Waals surface area (Å²) in [5, 5.41) is 11.4. The molecule has 114 valence electrons. The first-order chi connectivity index (χ1) is 10.1. The van der Waals surface area contributed by atoms with Crippen molar-refractivity contribution in [2.45, 2.75) is 38.1 Å². The average Bonchev–Trinajstić information content (AvgIpc) is 2.44. The molecule has 1 amide bonds. The molecule has 0 saturated heterocycles. The number of rotatable bonds is 6. The van der Waals surface area contributed by atoms with E-state index in [9.17, 15) is 14.0 Å². The number of unbranched alkanes of at least 4 members (excludes halogenated alkanes) is 1. The lowest BCUT2D eigenvalue weighted by Crippen LogP contribution is -2.32. The summed E-state index contributed by atoms with van der Waals surface area (Å²) < 4.78 is 18.7. The van der Waals surface area contributed by atoms with Crippen molar-refractivity contribution in [3.63, 3.8) is 0 Å². The Labute approximate surface area is 122 Å². The standard InChI is InChI=1S/C15H18FNO4/c16-10-5-6-13-11(9-10)12(7-8-21-13)17-14(18)3-1-2-4-15(19)20/h5-6,9,12H,1-4,7-8H2,(H,17,18)(H,19,20). The van der Waals surface area contributed by atoms with Crippen molar-refractivity contribution < 1.29 is 23.8 Å². The van der Waals surface area contributed by atoms with Gasteiger partial charge in [0.25, 0.3) is 0 Å². The molecule has 0 aromatic heterocycles. The number of hydrogen-bond acceptors (Lipinski definition) is 3. The Bertz CT molecular complexity index is 532. The van der Waals surface area contributed by atoms with Crippen LogP contribution in [0.15, 0.2) is 18.2 Å². The van der Waals surface area contributed by atoms with E-state index in [2.05, 4.69) is 5.32 Å². The van der Waals surface area contributed by atoms with Crippen LogP contribution in [-0.4, -0.2) is 23.6 Å². The molecule has 5 nitrogen and oxygen atoms in total. The van der Waals surface area contributed by atoms with Crippen molar-refractivity contribution in [1.29, 1.82) is 0 Å². The third kappa shape index (κ3) is 4.44. The average molecular weight is 295 g/mol. The van der Waals surface area contributed by atoms with Crippen molar-refractivity contribution in [3.8, 4) is 5.75 Å². The topological polar surface area (TPSA) is 75.6 Å². The minimum absolute atomic E-state index is 0.0680. The second-order valence-corrected chi connectivity index (χ2v) is 5.04. The molecule has 0 bridgehead atoms. The quantitative estimate of drug-likeness (QED) is 0.790. The van der Waals surface area contributed by atoms with E-state index in [0.717, 1.165) is 0 Å². The van der Waals surface area contributed by atoms with Crippen molar-refractivity contribution in [2.24, 2.45) is 0 Å². The summed E-state index contributed by atoms with van der Waals surface area (Å²) in [7, 11) is 0. The lowest BCUT2D eigenvalue weighted by Gasteiger charge is -2.26. The third-order valence-corrected chi connectivity index (χ3v) is 3.39. The number of benzene rings is 1. The van der Waals surface area contributed by atoms with Crippen LogP contribution in [-0.2, 0) is 9.59 Å². The van der Waals surface area contributed by atoms with Crippen LogP contribution in [0.1, 0.15) is 43.7 Å². The molecule has 1 aromatic carbocycles. The van der Waals surface area contributed by atoms with E-state index in [1.807, 2.05) is 0 Å². The molecule has 1 unspecified atom stereocenters. The van der Waals surface area contributed by atoms with Gasteiger partial charge in [-0.2, -0.15) is 0 Å².